The third-order valence-electron chi connectivity index (χ3n) is 5.27. The zero-order chi connectivity index (χ0) is 16.7. The minimum Gasteiger partial charge on any atom is -0.369 e. The first-order chi connectivity index (χ1) is 11.6. The monoisotopic (exact) mass is 330 g/mol. The number of piperidine rings is 1. The summed E-state index contributed by atoms with van der Waals surface area (Å²) >= 11 is 0. The number of amides is 1. The van der Waals surface area contributed by atoms with Crippen molar-refractivity contribution in [1.82, 2.24) is 20.7 Å². The molecule has 3 aliphatic heterocycles. The van der Waals surface area contributed by atoms with Crippen LogP contribution in [-0.2, 0) is 4.79 Å². The zero-order valence-electron chi connectivity index (χ0n) is 13.5. The fraction of sp³-hybridized carbons (Fsp3) is 0.562. The van der Waals surface area contributed by atoms with Crippen LogP contribution in [0.5, 0.6) is 0 Å². The second kappa shape index (κ2) is 6.44. The average molecular weight is 330 g/mol. The summed E-state index contributed by atoms with van der Waals surface area (Å²) in [5.41, 5.74) is 10.1. The maximum absolute atomic E-state index is 13.1. The number of hydrogen-bond donors (Lipinski definition) is 3. The number of nitrogens with two attached hydrogens (primary N) is 1. The molecule has 6 nitrogen and oxygen atoms in total. The van der Waals surface area contributed by atoms with Crippen molar-refractivity contribution in [2.75, 3.05) is 19.6 Å². The van der Waals surface area contributed by atoms with E-state index in [9.17, 15) is 9.18 Å². The summed E-state index contributed by atoms with van der Waals surface area (Å²) in [5.74, 6) is -0.465. The van der Waals surface area contributed by atoms with E-state index in [2.05, 4.69) is 27.9 Å². The van der Waals surface area contributed by atoms with Crippen molar-refractivity contribution in [3.8, 4) is 0 Å². The van der Waals surface area contributed by atoms with Gasteiger partial charge in [0.25, 0.3) is 0 Å². The number of likely N-dealkylation sites (tertiary alicyclic amines) is 1. The molecule has 3 heterocycles. The SMILES string of the molecule is NC(=O)C1CCCN(C2[B]C3NC(c4ccc(F)cc4)CN3N2)C1. The molecule has 4 atom stereocenters. The Kier molecular flexibility index (Phi) is 4.30. The molecule has 1 amide bonds. The Morgan fingerprint density at radius 2 is 2.04 bits per heavy atom. The van der Waals surface area contributed by atoms with Crippen molar-refractivity contribution in [3.05, 3.63) is 35.6 Å². The van der Waals surface area contributed by atoms with Crippen molar-refractivity contribution in [2.45, 2.75) is 31.0 Å². The number of hydrazine groups is 1. The van der Waals surface area contributed by atoms with Crippen LogP contribution in [0.3, 0.4) is 0 Å². The number of benzene rings is 1. The van der Waals surface area contributed by atoms with Crippen LogP contribution in [0.15, 0.2) is 24.3 Å². The van der Waals surface area contributed by atoms with E-state index in [4.69, 9.17) is 5.73 Å². The van der Waals surface area contributed by atoms with Crippen molar-refractivity contribution >= 4 is 13.2 Å². The number of nitrogens with one attached hydrogen (secondary N) is 2. The van der Waals surface area contributed by atoms with E-state index in [1.165, 1.54) is 12.1 Å². The lowest BCUT2D eigenvalue weighted by Gasteiger charge is -2.36. The van der Waals surface area contributed by atoms with Gasteiger partial charge in [-0.25, -0.2) is 14.8 Å². The van der Waals surface area contributed by atoms with E-state index < -0.39 is 0 Å². The number of rotatable bonds is 3. The molecule has 0 aromatic heterocycles. The molecule has 1 radical (unpaired) electrons. The van der Waals surface area contributed by atoms with Gasteiger partial charge in [0.05, 0.1) is 5.92 Å². The van der Waals surface area contributed by atoms with Gasteiger partial charge < -0.3 is 5.73 Å². The molecule has 4 N–H and O–H groups in total. The van der Waals surface area contributed by atoms with E-state index in [-0.39, 0.29) is 35.8 Å². The highest BCUT2D eigenvalue weighted by molar-refractivity contribution is 6.40. The van der Waals surface area contributed by atoms with Crippen LogP contribution < -0.4 is 16.5 Å². The predicted molar refractivity (Wildman–Crippen MR) is 88.9 cm³/mol. The second-order valence-electron chi connectivity index (χ2n) is 6.87. The maximum atomic E-state index is 13.1. The lowest BCUT2D eigenvalue weighted by atomic mass is 9.71. The molecule has 1 aromatic rings. The van der Waals surface area contributed by atoms with Crippen LogP contribution in [0.25, 0.3) is 0 Å². The average Bonchev–Trinajstić information content (AvgIpc) is 3.14. The largest absolute Gasteiger partial charge is 0.369 e. The molecule has 24 heavy (non-hydrogen) atoms. The number of primary amides is 1. The third kappa shape index (κ3) is 3.07. The molecular formula is C16H22BFN5O. The lowest BCUT2D eigenvalue weighted by Crippen LogP contribution is -2.53. The number of hydrogen-bond acceptors (Lipinski definition) is 5. The molecule has 3 saturated heterocycles. The molecule has 4 unspecified atom stereocenters. The Hall–Kier alpha value is -1.48. The maximum Gasteiger partial charge on any atom is 0.221 e. The van der Waals surface area contributed by atoms with Crippen molar-refractivity contribution in [2.24, 2.45) is 11.7 Å². The Morgan fingerprint density at radius 1 is 1.25 bits per heavy atom. The topological polar surface area (TPSA) is 73.6 Å². The first-order valence-corrected chi connectivity index (χ1v) is 8.53. The molecule has 0 aliphatic carbocycles. The smallest absolute Gasteiger partial charge is 0.221 e. The first kappa shape index (κ1) is 16.0. The Morgan fingerprint density at radius 3 is 2.75 bits per heavy atom. The summed E-state index contributed by atoms with van der Waals surface area (Å²) in [5, 5.41) is 5.73. The summed E-state index contributed by atoms with van der Waals surface area (Å²) in [6.45, 7) is 2.50. The Bertz CT molecular complexity index is 601. The fourth-order valence-corrected chi connectivity index (χ4v) is 3.93. The van der Waals surface area contributed by atoms with Crippen LogP contribution in [0.4, 0.5) is 4.39 Å². The van der Waals surface area contributed by atoms with Crippen LogP contribution in [0.2, 0.25) is 0 Å². The van der Waals surface area contributed by atoms with Crippen LogP contribution in [0, 0.1) is 11.7 Å². The second-order valence-corrected chi connectivity index (χ2v) is 6.87. The summed E-state index contributed by atoms with van der Waals surface area (Å²) in [7, 11) is 2.23. The van der Waals surface area contributed by atoms with Gasteiger partial charge >= 0.3 is 0 Å². The van der Waals surface area contributed by atoms with Crippen LogP contribution in [-0.4, -0.2) is 54.9 Å². The summed E-state index contributed by atoms with van der Waals surface area (Å²) < 4.78 is 13.1. The summed E-state index contributed by atoms with van der Waals surface area (Å²) in [6.07, 6.45) is 1.88. The van der Waals surface area contributed by atoms with E-state index in [1.54, 1.807) is 0 Å². The summed E-state index contributed by atoms with van der Waals surface area (Å²) in [6, 6.07) is 7.09. The molecule has 0 spiro atoms. The number of carbonyl (C=O) groups is 1. The van der Waals surface area contributed by atoms with Gasteiger partial charge in [-0.3, -0.25) is 15.0 Å². The highest BCUT2D eigenvalue weighted by Gasteiger charge is 2.43. The molecule has 0 bridgehead atoms. The van der Waals surface area contributed by atoms with Gasteiger partial charge in [0.2, 0.25) is 5.91 Å². The standard InChI is InChI=1S/C16H22BFN5O/c18-12-5-3-10(4-6-12)13-9-23-15(20-13)17-16(21-23)22-7-1-2-11(8-22)14(19)24/h3-6,11,13,15-16,20-21H,1-2,7-9H2,(H2,19,24). The van der Waals surface area contributed by atoms with Gasteiger partial charge in [0.1, 0.15) is 5.82 Å². The number of halogens is 1. The molecule has 3 aliphatic rings. The molecule has 1 aromatic carbocycles. The van der Waals surface area contributed by atoms with Gasteiger partial charge in [-0.2, -0.15) is 0 Å². The highest BCUT2D eigenvalue weighted by Crippen LogP contribution is 2.26. The minimum absolute atomic E-state index is 0.0516. The molecule has 8 heteroatoms. The van der Waals surface area contributed by atoms with Gasteiger partial charge in [-0.15, -0.1) is 0 Å². The number of carbonyl (C=O) groups excluding carboxylic acids is 1. The lowest BCUT2D eigenvalue weighted by molar-refractivity contribution is -0.123. The van der Waals surface area contributed by atoms with Crippen molar-refractivity contribution < 1.29 is 9.18 Å². The highest BCUT2D eigenvalue weighted by atomic mass is 19.1. The first-order valence-electron chi connectivity index (χ1n) is 8.53. The third-order valence-corrected chi connectivity index (χ3v) is 5.27. The van der Waals surface area contributed by atoms with E-state index >= 15 is 0 Å². The van der Waals surface area contributed by atoms with Crippen LogP contribution >= 0.6 is 0 Å². The summed E-state index contributed by atoms with van der Waals surface area (Å²) in [4.78, 5) is 13.7. The van der Waals surface area contributed by atoms with Crippen LogP contribution in [0.1, 0.15) is 24.4 Å². The van der Waals surface area contributed by atoms with Gasteiger partial charge in [0, 0.05) is 31.3 Å². The van der Waals surface area contributed by atoms with Crippen molar-refractivity contribution in [1.29, 1.82) is 0 Å². The van der Waals surface area contributed by atoms with Gasteiger partial charge in [-0.1, -0.05) is 12.1 Å². The Labute approximate surface area is 141 Å². The van der Waals surface area contributed by atoms with E-state index in [0.717, 1.165) is 31.5 Å². The van der Waals surface area contributed by atoms with Gasteiger partial charge in [-0.05, 0) is 37.1 Å². The Balaban J connectivity index is 1.36. The number of nitrogens with zero attached hydrogens (tertiary/aromatic N) is 2. The molecule has 4 rings (SSSR count). The van der Waals surface area contributed by atoms with E-state index in [0.29, 0.717) is 6.54 Å². The predicted octanol–water partition coefficient (Wildman–Crippen LogP) is -0.241. The quantitative estimate of drug-likeness (QED) is 0.667. The number of fused-ring (bicyclic) bond motifs is 1. The molecule has 127 valence electrons. The molecule has 3 fully saturated rings. The van der Waals surface area contributed by atoms with E-state index in [1.807, 2.05) is 12.1 Å². The zero-order valence-corrected chi connectivity index (χ0v) is 13.5. The minimum atomic E-state index is -0.212. The molecule has 0 saturated carbocycles. The fourth-order valence-electron chi connectivity index (χ4n) is 3.93. The van der Waals surface area contributed by atoms with Gasteiger partial charge in [0.15, 0.2) is 7.28 Å². The van der Waals surface area contributed by atoms with Crippen molar-refractivity contribution in [3.63, 3.8) is 0 Å². The normalized spacial score (nSPS) is 34.0. The molecular weight excluding hydrogens is 308 g/mol.